The van der Waals surface area contributed by atoms with Crippen molar-refractivity contribution in [1.29, 1.82) is 0 Å². The second-order valence-electron chi connectivity index (χ2n) is 8.70. The predicted octanol–water partition coefficient (Wildman–Crippen LogP) is 4.29. The zero-order chi connectivity index (χ0) is 19.3. The fourth-order valence-corrected chi connectivity index (χ4v) is 5.87. The Labute approximate surface area is 156 Å². The molecule has 2 N–H and O–H groups in total. The van der Waals surface area contributed by atoms with Crippen LogP contribution in [0.1, 0.15) is 44.2 Å². The number of benzene rings is 1. The monoisotopic (exact) mass is 374 g/mol. The van der Waals surface area contributed by atoms with E-state index in [4.69, 9.17) is 4.43 Å². The number of carbonyl (C=O) groups is 1. The fourth-order valence-electron chi connectivity index (χ4n) is 3.50. The number of aromatic hydroxyl groups is 1. The van der Waals surface area contributed by atoms with Gasteiger partial charge in [-0.05, 0) is 48.3 Å². The van der Waals surface area contributed by atoms with E-state index in [1.807, 2.05) is 12.1 Å². The molecule has 142 valence electrons. The summed E-state index contributed by atoms with van der Waals surface area (Å²) in [6.45, 7) is 14.8. The van der Waals surface area contributed by atoms with Crippen LogP contribution < -0.4 is 5.32 Å². The molecule has 1 aliphatic rings. The molecule has 0 fully saturated rings. The zero-order valence-corrected chi connectivity index (χ0v) is 17.6. The predicted molar refractivity (Wildman–Crippen MR) is 107 cm³/mol. The van der Waals surface area contributed by atoms with Crippen molar-refractivity contribution in [3.63, 3.8) is 0 Å². The molecule has 0 bridgehead atoms. The van der Waals surface area contributed by atoms with Crippen molar-refractivity contribution in [2.45, 2.75) is 51.9 Å². The molecule has 1 aromatic heterocycles. The average Bonchev–Trinajstić information content (AvgIpc) is 2.93. The van der Waals surface area contributed by atoms with Crippen LogP contribution in [-0.4, -0.2) is 37.0 Å². The minimum atomic E-state index is -1.94. The van der Waals surface area contributed by atoms with E-state index >= 15 is 0 Å². The zero-order valence-electron chi connectivity index (χ0n) is 16.6. The van der Waals surface area contributed by atoms with E-state index in [0.717, 1.165) is 10.9 Å². The molecule has 2 aromatic rings. The molecule has 3 rings (SSSR count). The van der Waals surface area contributed by atoms with Crippen LogP contribution in [0.3, 0.4) is 0 Å². The summed E-state index contributed by atoms with van der Waals surface area (Å²) >= 11 is 0. The number of rotatable bonds is 5. The molecule has 0 aliphatic carbocycles. The minimum absolute atomic E-state index is 0.0551. The first kappa shape index (κ1) is 19.0. The van der Waals surface area contributed by atoms with Crippen LogP contribution in [0.5, 0.6) is 5.75 Å². The number of fused-ring (bicyclic) bond motifs is 3. The fraction of sp³-hybridized carbons (Fsp3) is 0.550. The number of hydrogen-bond acceptors (Lipinski definition) is 3. The van der Waals surface area contributed by atoms with Crippen molar-refractivity contribution >= 4 is 25.1 Å². The van der Waals surface area contributed by atoms with Gasteiger partial charge in [0.15, 0.2) is 8.32 Å². The van der Waals surface area contributed by atoms with Gasteiger partial charge in [-0.1, -0.05) is 27.7 Å². The molecule has 1 atom stereocenters. The summed E-state index contributed by atoms with van der Waals surface area (Å²) in [5.74, 6) is 0.679. The van der Waals surface area contributed by atoms with E-state index in [1.54, 1.807) is 12.1 Å². The first-order valence-electron chi connectivity index (χ1n) is 9.30. The maximum atomic E-state index is 12.3. The third-order valence-electron chi connectivity index (χ3n) is 6.55. The highest BCUT2D eigenvalue weighted by Crippen LogP contribution is 2.45. The van der Waals surface area contributed by atoms with Crippen molar-refractivity contribution in [3.8, 4) is 5.75 Å². The lowest BCUT2D eigenvalue weighted by molar-refractivity contribution is 0.0900. The van der Waals surface area contributed by atoms with Gasteiger partial charge in [0.25, 0.3) is 5.91 Å². The van der Waals surface area contributed by atoms with Gasteiger partial charge in [0.1, 0.15) is 11.4 Å². The van der Waals surface area contributed by atoms with Gasteiger partial charge in [0.05, 0.1) is 12.6 Å². The number of nitrogens with zero attached hydrogens (tertiary/aromatic N) is 1. The Bertz CT molecular complexity index is 839. The highest BCUT2D eigenvalue weighted by molar-refractivity contribution is 6.74. The van der Waals surface area contributed by atoms with Gasteiger partial charge in [0, 0.05) is 17.4 Å². The number of carbonyl (C=O) groups excluding carboxylic acids is 1. The molecular formula is C20H30N2O3Si. The van der Waals surface area contributed by atoms with E-state index in [-0.39, 0.29) is 22.7 Å². The summed E-state index contributed by atoms with van der Waals surface area (Å²) in [6, 6.07) is 7.14. The number of phenols is 1. The highest BCUT2D eigenvalue weighted by Gasteiger charge is 2.44. The Hall–Kier alpha value is -1.79. The van der Waals surface area contributed by atoms with Crippen LogP contribution in [0.2, 0.25) is 18.1 Å². The van der Waals surface area contributed by atoms with Crippen molar-refractivity contribution in [2.24, 2.45) is 5.92 Å². The molecule has 1 aromatic carbocycles. The first-order valence-corrected chi connectivity index (χ1v) is 12.2. The minimum Gasteiger partial charge on any atom is -0.508 e. The molecule has 1 aliphatic heterocycles. The molecule has 26 heavy (non-hydrogen) atoms. The molecule has 2 heterocycles. The molecule has 0 saturated carbocycles. The quantitative estimate of drug-likeness (QED) is 0.768. The van der Waals surface area contributed by atoms with Crippen LogP contribution in [0.15, 0.2) is 24.3 Å². The largest absolute Gasteiger partial charge is 0.508 e. The Balaban J connectivity index is 1.91. The Morgan fingerprint density at radius 2 is 2.04 bits per heavy atom. The first-order chi connectivity index (χ1) is 12.0. The van der Waals surface area contributed by atoms with Crippen molar-refractivity contribution < 1.29 is 14.3 Å². The summed E-state index contributed by atoms with van der Waals surface area (Å²) in [5, 5.41) is 13.7. The van der Waals surface area contributed by atoms with Gasteiger partial charge in [-0.25, -0.2) is 0 Å². The SMILES string of the molecule is CC(C)C(C)(C)[Si](C)(C)OC[C@@H]1CNC(=O)c2cc3cc(O)ccc3n21. The van der Waals surface area contributed by atoms with Crippen LogP contribution in [0.4, 0.5) is 0 Å². The summed E-state index contributed by atoms with van der Waals surface area (Å²) in [7, 11) is -1.94. The number of nitrogens with one attached hydrogen (secondary N) is 1. The van der Waals surface area contributed by atoms with Crippen LogP contribution >= 0.6 is 0 Å². The van der Waals surface area contributed by atoms with Gasteiger partial charge in [-0.2, -0.15) is 0 Å². The van der Waals surface area contributed by atoms with E-state index in [0.29, 0.717) is 24.8 Å². The molecular weight excluding hydrogens is 344 g/mol. The smallest absolute Gasteiger partial charge is 0.268 e. The molecule has 0 saturated heterocycles. The maximum absolute atomic E-state index is 12.3. The summed E-state index contributed by atoms with van der Waals surface area (Å²) in [4.78, 5) is 12.3. The van der Waals surface area contributed by atoms with Gasteiger partial charge in [-0.3, -0.25) is 4.79 Å². The average molecular weight is 375 g/mol. The normalized spacial score (nSPS) is 18.3. The molecule has 6 heteroatoms. The van der Waals surface area contributed by atoms with E-state index < -0.39 is 8.32 Å². The van der Waals surface area contributed by atoms with Gasteiger partial charge >= 0.3 is 0 Å². The lowest BCUT2D eigenvalue weighted by atomic mass is 9.99. The van der Waals surface area contributed by atoms with Gasteiger partial charge in [-0.15, -0.1) is 0 Å². The van der Waals surface area contributed by atoms with Gasteiger partial charge < -0.3 is 19.4 Å². The van der Waals surface area contributed by atoms with E-state index in [1.165, 1.54) is 0 Å². The highest BCUT2D eigenvalue weighted by atomic mass is 28.4. The summed E-state index contributed by atoms with van der Waals surface area (Å²) < 4.78 is 8.62. The van der Waals surface area contributed by atoms with Crippen molar-refractivity contribution in [2.75, 3.05) is 13.2 Å². The topological polar surface area (TPSA) is 63.5 Å². The third-order valence-corrected chi connectivity index (χ3v) is 11.1. The van der Waals surface area contributed by atoms with Crippen molar-refractivity contribution in [3.05, 3.63) is 30.0 Å². The lowest BCUT2D eigenvalue weighted by Crippen LogP contribution is -2.48. The number of hydrogen-bond donors (Lipinski definition) is 2. The number of phenolic OH excluding ortho intramolecular Hbond substituents is 1. The molecule has 0 radical (unpaired) electrons. The Kier molecular flexibility index (Phi) is 4.69. The molecule has 0 unspecified atom stereocenters. The van der Waals surface area contributed by atoms with Crippen molar-refractivity contribution in [1.82, 2.24) is 9.88 Å². The third kappa shape index (κ3) is 3.05. The van der Waals surface area contributed by atoms with E-state index in [9.17, 15) is 9.90 Å². The second kappa shape index (κ2) is 6.42. The molecule has 5 nitrogen and oxygen atoms in total. The standard InChI is InChI=1S/C20H30N2O3Si/c1-13(2)20(3,4)26(5,6)25-12-15-11-21-19(24)18-10-14-9-16(23)7-8-17(14)22(15)18/h7-10,13,15,23H,11-12H2,1-6H3,(H,21,24)/t15-/m0/s1. The summed E-state index contributed by atoms with van der Waals surface area (Å²) in [6.07, 6.45) is 0. The van der Waals surface area contributed by atoms with E-state index in [2.05, 4.69) is 50.7 Å². The van der Waals surface area contributed by atoms with Crippen LogP contribution in [-0.2, 0) is 4.43 Å². The van der Waals surface area contributed by atoms with Crippen LogP contribution in [0, 0.1) is 5.92 Å². The molecule has 0 spiro atoms. The Morgan fingerprint density at radius 3 is 2.69 bits per heavy atom. The van der Waals surface area contributed by atoms with Crippen LogP contribution in [0.25, 0.3) is 10.9 Å². The maximum Gasteiger partial charge on any atom is 0.268 e. The Morgan fingerprint density at radius 1 is 1.35 bits per heavy atom. The lowest BCUT2D eigenvalue weighted by Gasteiger charge is -2.43. The molecule has 1 amide bonds. The number of amides is 1. The summed E-state index contributed by atoms with van der Waals surface area (Å²) in [5.41, 5.74) is 1.59. The van der Waals surface area contributed by atoms with Gasteiger partial charge in [0.2, 0.25) is 0 Å². The number of aromatic nitrogens is 1. The second-order valence-corrected chi connectivity index (χ2v) is 13.3.